The lowest BCUT2D eigenvalue weighted by Crippen LogP contribution is -2.04. The van der Waals surface area contributed by atoms with Crippen LogP contribution in [0.5, 0.6) is 5.75 Å². The number of ketones is 1. The van der Waals surface area contributed by atoms with Gasteiger partial charge < -0.3 is 21.2 Å². The smallest absolute Gasteiger partial charge is 0.209 e. The van der Waals surface area contributed by atoms with Gasteiger partial charge in [-0.25, -0.2) is 0 Å². The molecule has 0 fully saturated rings. The summed E-state index contributed by atoms with van der Waals surface area (Å²) >= 11 is 0. The normalized spacial score (nSPS) is 10.7. The molecule has 0 amide bonds. The summed E-state index contributed by atoms with van der Waals surface area (Å²) in [6, 6.07) is 12.3. The van der Waals surface area contributed by atoms with Crippen molar-refractivity contribution >= 4 is 28.1 Å². The highest BCUT2D eigenvalue weighted by Crippen LogP contribution is 2.24. The number of rotatable bonds is 3. The Balaban J connectivity index is 2.02. The van der Waals surface area contributed by atoms with E-state index in [4.69, 9.17) is 16.2 Å². The van der Waals surface area contributed by atoms with Gasteiger partial charge in [0.25, 0.3) is 0 Å². The highest BCUT2D eigenvalue weighted by atomic mass is 16.5. The van der Waals surface area contributed by atoms with Crippen molar-refractivity contribution < 1.29 is 9.53 Å². The van der Waals surface area contributed by atoms with Crippen LogP contribution in [0.3, 0.4) is 0 Å². The number of aromatic amines is 1. The third kappa shape index (κ3) is 2.29. The highest BCUT2D eigenvalue weighted by molar-refractivity contribution is 6.10. The number of fused-ring (bicyclic) bond motifs is 1. The van der Waals surface area contributed by atoms with Crippen LogP contribution in [0.25, 0.3) is 10.9 Å². The fraction of sp³-hybridized carbons (Fsp3) is 0.0625. The zero-order valence-electron chi connectivity index (χ0n) is 11.5. The first kappa shape index (κ1) is 13.1. The molecule has 0 radical (unpaired) electrons. The Morgan fingerprint density at radius 3 is 2.57 bits per heavy atom. The number of H-pyrrole nitrogens is 1. The molecular weight excluding hydrogens is 266 g/mol. The zero-order chi connectivity index (χ0) is 15.0. The average molecular weight is 281 g/mol. The second kappa shape index (κ2) is 4.86. The zero-order valence-corrected chi connectivity index (χ0v) is 11.5. The van der Waals surface area contributed by atoms with Gasteiger partial charge in [-0.1, -0.05) is 0 Å². The van der Waals surface area contributed by atoms with E-state index in [1.54, 1.807) is 31.4 Å². The molecule has 5 nitrogen and oxygen atoms in total. The maximum absolute atomic E-state index is 12.5. The fourth-order valence-electron chi connectivity index (χ4n) is 2.23. The molecule has 0 unspecified atom stereocenters. The molecule has 0 aliphatic heterocycles. The third-order valence-electron chi connectivity index (χ3n) is 3.42. The van der Waals surface area contributed by atoms with Crippen LogP contribution in [0.4, 0.5) is 11.4 Å². The van der Waals surface area contributed by atoms with Crippen LogP contribution in [0, 0.1) is 0 Å². The van der Waals surface area contributed by atoms with Crippen molar-refractivity contribution in [1.29, 1.82) is 0 Å². The van der Waals surface area contributed by atoms with E-state index in [0.717, 1.165) is 16.7 Å². The molecular formula is C16H15N3O2. The Morgan fingerprint density at radius 2 is 1.86 bits per heavy atom. The summed E-state index contributed by atoms with van der Waals surface area (Å²) in [5, 5.41) is 0.918. The number of nitrogens with one attached hydrogen (secondary N) is 1. The van der Waals surface area contributed by atoms with Crippen LogP contribution in [0.2, 0.25) is 0 Å². The number of ether oxygens (including phenoxy) is 1. The summed E-state index contributed by atoms with van der Waals surface area (Å²) in [7, 11) is 1.61. The first-order valence-electron chi connectivity index (χ1n) is 6.45. The van der Waals surface area contributed by atoms with Crippen LogP contribution in [-0.2, 0) is 0 Å². The first-order chi connectivity index (χ1) is 10.1. The van der Waals surface area contributed by atoms with Crippen LogP contribution >= 0.6 is 0 Å². The number of hydrogen-bond acceptors (Lipinski definition) is 4. The van der Waals surface area contributed by atoms with Gasteiger partial charge in [0.05, 0.1) is 24.2 Å². The van der Waals surface area contributed by atoms with Crippen molar-refractivity contribution in [3.8, 4) is 5.75 Å². The van der Waals surface area contributed by atoms with E-state index in [1.165, 1.54) is 0 Å². The molecule has 0 saturated heterocycles. The van der Waals surface area contributed by atoms with Crippen molar-refractivity contribution in [2.24, 2.45) is 0 Å². The van der Waals surface area contributed by atoms with Gasteiger partial charge >= 0.3 is 0 Å². The average Bonchev–Trinajstić information content (AvgIpc) is 2.92. The summed E-state index contributed by atoms with van der Waals surface area (Å²) in [6.45, 7) is 0. The molecule has 1 aromatic heterocycles. The molecule has 5 N–H and O–H groups in total. The molecule has 3 rings (SSSR count). The number of carbonyl (C=O) groups excluding carboxylic acids is 1. The third-order valence-corrected chi connectivity index (χ3v) is 3.42. The van der Waals surface area contributed by atoms with E-state index in [2.05, 4.69) is 4.98 Å². The molecule has 1 heterocycles. The number of methoxy groups -OCH3 is 1. The van der Waals surface area contributed by atoms with Gasteiger partial charge in [-0.05, 0) is 42.5 Å². The Hall–Kier alpha value is -2.95. The summed E-state index contributed by atoms with van der Waals surface area (Å²) in [5.41, 5.74) is 14.2. The monoisotopic (exact) mass is 281 g/mol. The summed E-state index contributed by atoms with van der Waals surface area (Å²) in [6.07, 6.45) is 0. The molecule has 0 aliphatic rings. The van der Waals surface area contributed by atoms with E-state index in [0.29, 0.717) is 22.6 Å². The molecule has 0 bridgehead atoms. The summed E-state index contributed by atoms with van der Waals surface area (Å²) < 4.78 is 5.18. The molecule has 2 aromatic carbocycles. The Morgan fingerprint density at radius 1 is 1.05 bits per heavy atom. The number of benzene rings is 2. The van der Waals surface area contributed by atoms with Crippen LogP contribution in [-0.4, -0.2) is 17.9 Å². The molecule has 0 atom stereocenters. The van der Waals surface area contributed by atoms with E-state index in [1.807, 2.05) is 18.2 Å². The lowest BCUT2D eigenvalue weighted by Gasteiger charge is -2.03. The second-order valence-electron chi connectivity index (χ2n) is 4.81. The van der Waals surface area contributed by atoms with E-state index in [9.17, 15) is 4.79 Å². The Kier molecular flexibility index (Phi) is 3.02. The van der Waals surface area contributed by atoms with Crippen molar-refractivity contribution in [3.63, 3.8) is 0 Å². The molecule has 21 heavy (non-hydrogen) atoms. The minimum Gasteiger partial charge on any atom is -0.497 e. The van der Waals surface area contributed by atoms with Crippen molar-refractivity contribution in [1.82, 2.24) is 4.98 Å². The maximum atomic E-state index is 12.5. The Labute approximate surface area is 121 Å². The van der Waals surface area contributed by atoms with Gasteiger partial charge in [-0.15, -0.1) is 0 Å². The van der Waals surface area contributed by atoms with Gasteiger partial charge in [0.2, 0.25) is 5.78 Å². The Bertz CT molecular complexity index is 837. The lowest BCUT2D eigenvalue weighted by atomic mass is 10.1. The lowest BCUT2D eigenvalue weighted by molar-refractivity contribution is 0.103. The van der Waals surface area contributed by atoms with Crippen molar-refractivity contribution in [2.45, 2.75) is 0 Å². The standard InChI is InChI=1S/C16H15N3O2/c1-21-11-3-5-14-10(6-11)8-15(19-14)16(20)9-2-4-12(17)13(18)7-9/h2-8,19H,17-18H2,1H3. The quantitative estimate of drug-likeness (QED) is 0.508. The fourth-order valence-corrected chi connectivity index (χ4v) is 2.23. The molecule has 0 spiro atoms. The van der Waals surface area contributed by atoms with Crippen molar-refractivity contribution in [2.75, 3.05) is 18.6 Å². The van der Waals surface area contributed by atoms with Gasteiger partial charge in [0, 0.05) is 16.5 Å². The predicted octanol–water partition coefficient (Wildman–Crippen LogP) is 2.57. The number of nitrogens with two attached hydrogens (primary N) is 2. The summed E-state index contributed by atoms with van der Waals surface area (Å²) in [4.78, 5) is 15.6. The minimum atomic E-state index is -0.128. The number of hydrogen-bond donors (Lipinski definition) is 3. The highest BCUT2D eigenvalue weighted by Gasteiger charge is 2.13. The number of aromatic nitrogens is 1. The number of carbonyl (C=O) groups is 1. The maximum Gasteiger partial charge on any atom is 0.209 e. The van der Waals surface area contributed by atoms with Gasteiger partial charge in [-0.3, -0.25) is 4.79 Å². The van der Waals surface area contributed by atoms with E-state index in [-0.39, 0.29) is 5.78 Å². The topological polar surface area (TPSA) is 94.1 Å². The van der Waals surface area contributed by atoms with Gasteiger partial charge in [-0.2, -0.15) is 0 Å². The first-order valence-corrected chi connectivity index (χ1v) is 6.45. The van der Waals surface area contributed by atoms with Gasteiger partial charge in [0.15, 0.2) is 0 Å². The van der Waals surface area contributed by atoms with E-state index >= 15 is 0 Å². The molecule has 3 aromatic rings. The SMILES string of the molecule is COc1ccc2[nH]c(C(=O)c3ccc(N)c(N)c3)cc2c1. The predicted molar refractivity (Wildman–Crippen MR) is 83.6 cm³/mol. The van der Waals surface area contributed by atoms with Crippen LogP contribution in [0.15, 0.2) is 42.5 Å². The van der Waals surface area contributed by atoms with Crippen LogP contribution in [0.1, 0.15) is 16.1 Å². The molecule has 0 saturated carbocycles. The largest absolute Gasteiger partial charge is 0.497 e. The second-order valence-corrected chi connectivity index (χ2v) is 4.81. The summed E-state index contributed by atoms with van der Waals surface area (Å²) in [5.74, 6) is 0.620. The molecule has 0 aliphatic carbocycles. The van der Waals surface area contributed by atoms with E-state index < -0.39 is 0 Å². The molecule has 5 heteroatoms. The van der Waals surface area contributed by atoms with Crippen molar-refractivity contribution in [3.05, 3.63) is 53.7 Å². The number of anilines is 2. The minimum absolute atomic E-state index is 0.128. The van der Waals surface area contributed by atoms with Crippen LogP contribution < -0.4 is 16.2 Å². The number of nitrogen functional groups attached to an aromatic ring is 2. The molecule has 106 valence electrons. The van der Waals surface area contributed by atoms with Gasteiger partial charge in [0.1, 0.15) is 5.75 Å².